The molecule has 1 nitrogen and oxygen atoms in total. The second-order valence-corrected chi connectivity index (χ2v) is 3.88. The van der Waals surface area contributed by atoms with Gasteiger partial charge in [-0.05, 0) is 5.56 Å². The molecule has 1 aromatic carbocycles. The topological polar surface area (TPSA) is 12.0 Å². The molecule has 2 heteroatoms. The van der Waals surface area contributed by atoms with Crippen molar-refractivity contribution in [3.05, 3.63) is 35.9 Å². The Morgan fingerprint density at radius 2 is 2.08 bits per heavy atom. The van der Waals surface area contributed by atoms with Crippen LogP contribution >= 0.6 is 0 Å². The first kappa shape index (κ1) is 8.70. The highest BCUT2D eigenvalue weighted by atomic mass is 19.1. The number of alkyl halides is 1. The molecule has 0 saturated carbocycles. The molecule has 2 unspecified atom stereocenters. The normalized spacial score (nSPS) is 33.5. The van der Waals surface area contributed by atoms with Crippen molar-refractivity contribution in [1.82, 2.24) is 5.32 Å². The molecule has 0 amide bonds. The molecule has 13 heavy (non-hydrogen) atoms. The van der Waals surface area contributed by atoms with Gasteiger partial charge in [0.05, 0.1) is 0 Å². The van der Waals surface area contributed by atoms with Crippen molar-refractivity contribution in [2.45, 2.75) is 18.5 Å². The fraction of sp³-hybridized carbons (Fsp3) is 0.455. The van der Waals surface area contributed by atoms with Crippen molar-refractivity contribution in [2.24, 2.45) is 0 Å². The minimum absolute atomic E-state index is 0.332. The third-order valence-electron chi connectivity index (χ3n) is 2.94. The Labute approximate surface area is 78.0 Å². The summed E-state index contributed by atoms with van der Waals surface area (Å²) in [5.41, 5.74) is 0.758. The van der Waals surface area contributed by atoms with Crippen LogP contribution in [0.15, 0.2) is 30.3 Å². The van der Waals surface area contributed by atoms with Gasteiger partial charge in [0.25, 0.3) is 0 Å². The van der Waals surface area contributed by atoms with Gasteiger partial charge in [0.2, 0.25) is 0 Å². The summed E-state index contributed by atoms with van der Waals surface area (Å²) >= 11 is 0. The van der Waals surface area contributed by atoms with Gasteiger partial charge in [-0.25, -0.2) is 4.39 Å². The quantitative estimate of drug-likeness (QED) is 0.694. The summed E-state index contributed by atoms with van der Waals surface area (Å²) in [5.74, 6) is 0. The molecule has 0 aromatic heterocycles. The van der Waals surface area contributed by atoms with Gasteiger partial charge in [-0.2, -0.15) is 0 Å². The number of hydrogen-bond acceptors (Lipinski definition) is 1. The first-order chi connectivity index (χ1) is 6.23. The Kier molecular flexibility index (Phi) is 2.08. The zero-order chi connectivity index (χ0) is 9.31. The zero-order valence-electron chi connectivity index (χ0n) is 7.76. The summed E-state index contributed by atoms with van der Waals surface area (Å²) in [6.07, 6.45) is -0.769. The van der Waals surface area contributed by atoms with Crippen molar-refractivity contribution < 1.29 is 4.39 Å². The molecule has 0 bridgehead atoms. The van der Waals surface area contributed by atoms with Crippen molar-refractivity contribution >= 4 is 0 Å². The lowest BCUT2D eigenvalue weighted by atomic mass is 9.81. The van der Waals surface area contributed by atoms with Crippen molar-refractivity contribution in [1.29, 1.82) is 0 Å². The van der Waals surface area contributed by atoms with Crippen LogP contribution in [0, 0.1) is 0 Å². The maximum absolute atomic E-state index is 13.6. The van der Waals surface area contributed by atoms with E-state index in [1.807, 2.05) is 37.3 Å². The van der Waals surface area contributed by atoms with Gasteiger partial charge in [-0.15, -0.1) is 0 Å². The first-order valence-corrected chi connectivity index (χ1v) is 4.64. The second kappa shape index (κ2) is 3.11. The third-order valence-corrected chi connectivity index (χ3v) is 2.94. The predicted octanol–water partition coefficient (Wildman–Crippen LogP) is 1.89. The van der Waals surface area contributed by atoms with Gasteiger partial charge in [0, 0.05) is 18.5 Å². The summed E-state index contributed by atoms with van der Waals surface area (Å²) in [6, 6.07) is 9.89. The van der Waals surface area contributed by atoms with Crippen LogP contribution in [0.2, 0.25) is 0 Å². The molecule has 1 aliphatic heterocycles. The van der Waals surface area contributed by atoms with Gasteiger partial charge in [-0.3, -0.25) is 0 Å². The molecular formula is C11H14FN. The van der Waals surface area contributed by atoms with Crippen LogP contribution < -0.4 is 5.32 Å². The van der Waals surface area contributed by atoms with E-state index < -0.39 is 6.17 Å². The Balaban J connectivity index is 2.34. The van der Waals surface area contributed by atoms with Crippen LogP contribution in [0.4, 0.5) is 4.39 Å². The lowest BCUT2D eigenvalue weighted by Gasteiger charge is -2.25. The molecule has 1 fully saturated rings. The summed E-state index contributed by atoms with van der Waals surface area (Å²) in [5, 5.41) is 3.09. The van der Waals surface area contributed by atoms with E-state index in [0.717, 1.165) is 12.1 Å². The Bertz CT molecular complexity index is 285. The van der Waals surface area contributed by atoms with E-state index in [2.05, 4.69) is 5.32 Å². The highest BCUT2D eigenvalue weighted by molar-refractivity contribution is 5.28. The number of benzene rings is 1. The van der Waals surface area contributed by atoms with Gasteiger partial charge in [0.1, 0.15) is 6.17 Å². The Morgan fingerprint density at radius 1 is 1.38 bits per heavy atom. The van der Waals surface area contributed by atoms with E-state index >= 15 is 0 Å². The predicted molar refractivity (Wildman–Crippen MR) is 51.6 cm³/mol. The monoisotopic (exact) mass is 179 g/mol. The van der Waals surface area contributed by atoms with Crippen molar-refractivity contribution in [2.75, 3.05) is 13.1 Å². The molecule has 1 N–H and O–H groups in total. The molecule has 1 aliphatic rings. The van der Waals surface area contributed by atoms with E-state index in [-0.39, 0.29) is 5.41 Å². The summed E-state index contributed by atoms with van der Waals surface area (Å²) in [7, 11) is 0. The second-order valence-electron chi connectivity index (χ2n) is 3.88. The van der Waals surface area contributed by atoms with Crippen LogP contribution in [0.25, 0.3) is 0 Å². The van der Waals surface area contributed by atoms with E-state index in [9.17, 15) is 4.39 Å². The number of halogens is 1. The minimum Gasteiger partial charge on any atom is -0.313 e. The smallest absolute Gasteiger partial charge is 0.123 e. The molecular weight excluding hydrogens is 165 g/mol. The molecule has 2 rings (SSSR count). The largest absolute Gasteiger partial charge is 0.313 e. The number of rotatable bonds is 1. The van der Waals surface area contributed by atoms with Gasteiger partial charge in [0.15, 0.2) is 0 Å². The van der Waals surface area contributed by atoms with Crippen LogP contribution in [0.3, 0.4) is 0 Å². The fourth-order valence-corrected chi connectivity index (χ4v) is 1.90. The Morgan fingerprint density at radius 3 is 2.62 bits per heavy atom. The van der Waals surface area contributed by atoms with Gasteiger partial charge < -0.3 is 5.32 Å². The standard InChI is InChI=1S/C11H14FN/c1-11(8-13-7-10(11)12)9-5-3-2-4-6-9/h2-6,10,13H,7-8H2,1H3. The van der Waals surface area contributed by atoms with Crippen LogP contribution in [-0.2, 0) is 5.41 Å². The third kappa shape index (κ3) is 1.35. The molecule has 2 atom stereocenters. The molecule has 1 heterocycles. The molecule has 0 radical (unpaired) electrons. The van der Waals surface area contributed by atoms with Crippen LogP contribution in [-0.4, -0.2) is 19.3 Å². The average molecular weight is 179 g/mol. The maximum atomic E-state index is 13.6. The van der Waals surface area contributed by atoms with Crippen LogP contribution in [0.1, 0.15) is 12.5 Å². The highest BCUT2D eigenvalue weighted by Gasteiger charge is 2.40. The molecule has 1 aromatic rings. The van der Waals surface area contributed by atoms with Crippen molar-refractivity contribution in [3.8, 4) is 0 Å². The van der Waals surface area contributed by atoms with E-state index in [1.54, 1.807) is 0 Å². The molecule has 70 valence electrons. The molecule has 0 spiro atoms. The number of hydrogen-bond donors (Lipinski definition) is 1. The SMILES string of the molecule is CC1(c2ccccc2)CNCC1F. The van der Waals surface area contributed by atoms with E-state index in [4.69, 9.17) is 0 Å². The van der Waals surface area contributed by atoms with Gasteiger partial charge in [-0.1, -0.05) is 37.3 Å². The van der Waals surface area contributed by atoms with E-state index in [1.165, 1.54) is 0 Å². The summed E-state index contributed by atoms with van der Waals surface area (Å²) in [6.45, 7) is 3.19. The summed E-state index contributed by atoms with van der Waals surface area (Å²) in [4.78, 5) is 0. The number of nitrogens with one attached hydrogen (secondary N) is 1. The maximum Gasteiger partial charge on any atom is 0.123 e. The average Bonchev–Trinajstić information content (AvgIpc) is 2.50. The van der Waals surface area contributed by atoms with Gasteiger partial charge >= 0.3 is 0 Å². The molecule has 1 saturated heterocycles. The summed E-state index contributed by atoms with van der Waals surface area (Å²) < 4.78 is 13.6. The van der Waals surface area contributed by atoms with Crippen LogP contribution in [0.5, 0.6) is 0 Å². The first-order valence-electron chi connectivity index (χ1n) is 4.64. The minimum atomic E-state index is -0.769. The van der Waals surface area contributed by atoms with E-state index in [0.29, 0.717) is 6.54 Å². The zero-order valence-corrected chi connectivity index (χ0v) is 7.76. The van der Waals surface area contributed by atoms with Crippen molar-refractivity contribution in [3.63, 3.8) is 0 Å². The lowest BCUT2D eigenvalue weighted by molar-refractivity contribution is 0.258. The molecule has 0 aliphatic carbocycles. The lowest BCUT2D eigenvalue weighted by Crippen LogP contribution is -2.32. The fourth-order valence-electron chi connectivity index (χ4n) is 1.90. The Hall–Kier alpha value is -0.890. The highest BCUT2D eigenvalue weighted by Crippen LogP contribution is 2.32.